The number of hydrogen-bond acceptors (Lipinski definition) is 1. The fraction of sp³-hybridized carbons (Fsp3) is 0.182. The van der Waals surface area contributed by atoms with E-state index in [1.54, 1.807) is 0 Å². The van der Waals surface area contributed by atoms with E-state index >= 15 is 0 Å². The monoisotopic (exact) mass is 173 g/mol. The molecule has 13 heavy (non-hydrogen) atoms. The Morgan fingerprint density at radius 3 is 2.92 bits per heavy atom. The van der Waals surface area contributed by atoms with Gasteiger partial charge in [0.1, 0.15) is 0 Å². The smallest absolute Gasteiger partial charge is 0.152 e. The lowest BCUT2D eigenvalue weighted by atomic mass is 10.1. The van der Waals surface area contributed by atoms with Crippen molar-refractivity contribution in [2.75, 3.05) is 0 Å². The molecule has 0 saturated carbocycles. The molecule has 0 aliphatic heterocycles. The van der Waals surface area contributed by atoms with Gasteiger partial charge in [-0.25, -0.2) is 0 Å². The van der Waals surface area contributed by atoms with E-state index in [2.05, 4.69) is 11.5 Å². The molecule has 1 heterocycles. The van der Waals surface area contributed by atoms with E-state index < -0.39 is 0 Å². The zero-order chi connectivity index (χ0) is 9.26. The standard InChI is InChI=1S/C11H11NO/c1-2-12-7-6-9-4-3-5-10(8-13)11(9)12/h3-8H,2H2,1H3. The van der Waals surface area contributed by atoms with Crippen molar-refractivity contribution in [3.8, 4) is 0 Å². The van der Waals surface area contributed by atoms with E-state index in [4.69, 9.17) is 0 Å². The molecule has 1 aromatic carbocycles. The van der Waals surface area contributed by atoms with Crippen LogP contribution < -0.4 is 0 Å². The van der Waals surface area contributed by atoms with Crippen LogP contribution in [0.15, 0.2) is 30.5 Å². The fourth-order valence-corrected chi connectivity index (χ4v) is 1.65. The average molecular weight is 173 g/mol. The first-order valence-electron chi connectivity index (χ1n) is 4.40. The van der Waals surface area contributed by atoms with E-state index in [0.717, 1.165) is 29.3 Å². The Bertz CT molecular complexity index is 442. The molecule has 0 amide bonds. The molecule has 0 atom stereocenters. The van der Waals surface area contributed by atoms with Crippen LogP contribution in [0.5, 0.6) is 0 Å². The molecule has 0 unspecified atom stereocenters. The predicted molar refractivity (Wildman–Crippen MR) is 53.0 cm³/mol. The number of aromatic nitrogens is 1. The number of nitrogens with zero attached hydrogens (tertiary/aromatic N) is 1. The predicted octanol–water partition coefficient (Wildman–Crippen LogP) is 2.47. The summed E-state index contributed by atoms with van der Waals surface area (Å²) < 4.78 is 2.08. The number of carbonyl (C=O) groups is 1. The van der Waals surface area contributed by atoms with E-state index in [1.165, 1.54) is 0 Å². The maximum atomic E-state index is 10.8. The number of benzene rings is 1. The maximum absolute atomic E-state index is 10.8. The SMILES string of the molecule is CCn1ccc2cccc(C=O)c21. The van der Waals surface area contributed by atoms with Crippen LogP contribution in [0, 0.1) is 0 Å². The quantitative estimate of drug-likeness (QED) is 0.639. The summed E-state index contributed by atoms with van der Waals surface area (Å²) in [7, 11) is 0. The van der Waals surface area contributed by atoms with Gasteiger partial charge in [0.2, 0.25) is 0 Å². The zero-order valence-corrected chi connectivity index (χ0v) is 7.53. The molecule has 0 fully saturated rings. The highest BCUT2D eigenvalue weighted by Crippen LogP contribution is 2.18. The Labute approximate surface area is 76.8 Å². The topological polar surface area (TPSA) is 22.0 Å². The number of aldehydes is 1. The summed E-state index contributed by atoms with van der Waals surface area (Å²) in [4.78, 5) is 10.8. The average Bonchev–Trinajstić information content (AvgIpc) is 2.60. The minimum Gasteiger partial charge on any atom is -0.347 e. The van der Waals surface area contributed by atoms with Crippen LogP contribution in [-0.4, -0.2) is 10.9 Å². The summed E-state index contributed by atoms with van der Waals surface area (Å²) in [5.74, 6) is 0. The van der Waals surface area contributed by atoms with Crippen LogP contribution in [0.3, 0.4) is 0 Å². The summed E-state index contributed by atoms with van der Waals surface area (Å²) in [6, 6.07) is 7.81. The van der Waals surface area contributed by atoms with Crippen molar-refractivity contribution in [3.05, 3.63) is 36.0 Å². The molecule has 2 nitrogen and oxygen atoms in total. The molecular formula is C11H11NO. The zero-order valence-electron chi connectivity index (χ0n) is 7.53. The molecule has 0 N–H and O–H groups in total. The van der Waals surface area contributed by atoms with E-state index in [0.29, 0.717) is 0 Å². The number of hydrogen-bond donors (Lipinski definition) is 0. The van der Waals surface area contributed by atoms with E-state index in [1.807, 2.05) is 30.5 Å². The molecule has 0 spiro atoms. The summed E-state index contributed by atoms with van der Waals surface area (Å²) in [5.41, 5.74) is 1.81. The number of rotatable bonds is 2. The van der Waals surface area contributed by atoms with Gasteiger partial charge in [0, 0.05) is 23.7 Å². The van der Waals surface area contributed by atoms with Crippen molar-refractivity contribution in [3.63, 3.8) is 0 Å². The van der Waals surface area contributed by atoms with E-state index in [9.17, 15) is 4.79 Å². The van der Waals surface area contributed by atoms with Crippen molar-refractivity contribution in [2.24, 2.45) is 0 Å². The number of fused-ring (bicyclic) bond motifs is 1. The van der Waals surface area contributed by atoms with Crippen LogP contribution in [0.4, 0.5) is 0 Å². The third-order valence-corrected chi connectivity index (χ3v) is 2.29. The van der Waals surface area contributed by atoms with Gasteiger partial charge >= 0.3 is 0 Å². The minimum atomic E-state index is 0.768. The summed E-state index contributed by atoms with van der Waals surface area (Å²) in [6.45, 7) is 2.97. The molecule has 0 radical (unpaired) electrons. The molecule has 0 aliphatic rings. The van der Waals surface area contributed by atoms with Gasteiger partial charge in [0.25, 0.3) is 0 Å². The summed E-state index contributed by atoms with van der Waals surface area (Å²) in [6.07, 6.45) is 2.92. The maximum Gasteiger partial charge on any atom is 0.152 e. The van der Waals surface area contributed by atoms with Crippen LogP contribution >= 0.6 is 0 Å². The highest BCUT2D eigenvalue weighted by atomic mass is 16.1. The fourth-order valence-electron chi connectivity index (χ4n) is 1.65. The number of carbonyl (C=O) groups excluding carboxylic acids is 1. The Hall–Kier alpha value is -1.57. The van der Waals surface area contributed by atoms with Gasteiger partial charge in [-0.2, -0.15) is 0 Å². The second-order valence-corrected chi connectivity index (χ2v) is 3.00. The van der Waals surface area contributed by atoms with Gasteiger partial charge < -0.3 is 4.57 Å². The normalized spacial score (nSPS) is 10.5. The highest BCUT2D eigenvalue weighted by molar-refractivity contribution is 5.96. The first-order valence-corrected chi connectivity index (χ1v) is 4.40. The Morgan fingerprint density at radius 2 is 2.23 bits per heavy atom. The first-order chi connectivity index (χ1) is 6.36. The lowest BCUT2D eigenvalue weighted by molar-refractivity contribution is 0.112. The lowest BCUT2D eigenvalue weighted by Crippen LogP contribution is -1.94. The number of para-hydroxylation sites is 1. The Morgan fingerprint density at radius 1 is 1.38 bits per heavy atom. The molecule has 0 bridgehead atoms. The van der Waals surface area contributed by atoms with Gasteiger partial charge in [0.15, 0.2) is 6.29 Å². The molecule has 66 valence electrons. The van der Waals surface area contributed by atoms with Crippen LogP contribution in [0.1, 0.15) is 17.3 Å². The van der Waals surface area contributed by atoms with Crippen molar-refractivity contribution >= 4 is 17.2 Å². The second-order valence-electron chi connectivity index (χ2n) is 3.00. The third-order valence-electron chi connectivity index (χ3n) is 2.29. The summed E-state index contributed by atoms with van der Waals surface area (Å²) in [5, 5.41) is 1.13. The lowest BCUT2D eigenvalue weighted by Gasteiger charge is -2.02. The second kappa shape index (κ2) is 3.05. The Kier molecular flexibility index (Phi) is 1.89. The van der Waals surface area contributed by atoms with Gasteiger partial charge in [-0.05, 0) is 19.1 Å². The highest BCUT2D eigenvalue weighted by Gasteiger charge is 2.03. The van der Waals surface area contributed by atoms with Crippen molar-refractivity contribution in [2.45, 2.75) is 13.5 Å². The van der Waals surface area contributed by atoms with Crippen molar-refractivity contribution < 1.29 is 4.79 Å². The van der Waals surface area contributed by atoms with Gasteiger partial charge in [-0.3, -0.25) is 4.79 Å². The summed E-state index contributed by atoms with van der Waals surface area (Å²) >= 11 is 0. The molecule has 0 saturated heterocycles. The van der Waals surface area contributed by atoms with Crippen LogP contribution in [-0.2, 0) is 6.54 Å². The largest absolute Gasteiger partial charge is 0.347 e. The number of aryl methyl sites for hydroxylation is 1. The molecule has 2 rings (SSSR count). The molecular weight excluding hydrogens is 162 g/mol. The molecule has 2 aromatic rings. The van der Waals surface area contributed by atoms with Crippen LogP contribution in [0.25, 0.3) is 10.9 Å². The third kappa shape index (κ3) is 1.15. The van der Waals surface area contributed by atoms with Crippen molar-refractivity contribution in [1.29, 1.82) is 0 Å². The minimum absolute atomic E-state index is 0.768. The Balaban J connectivity index is 2.83. The van der Waals surface area contributed by atoms with Gasteiger partial charge in [-0.15, -0.1) is 0 Å². The first kappa shape index (κ1) is 8.05. The van der Waals surface area contributed by atoms with Crippen molar-refractivity contribution in [1.82, 2.24) is 4.57 Å². The van der Waals surface area contributed by atoms with Gasteiger partial charge in [0.05, 0.1) is 5.52 Å². The molecule has 2 heteroatoms. The van der Waals surface area contributed by atoms with E-state index in [-0.39, 0.29) is 0 Å². The molecule has 0 aliphatic carbocycles. The van der Waals surface area contributed by atoms with Gasteiger partial charge in [-0.1, -0.05) is 12.1 Å². The molecule has 1 aromatic heterocycles. The van der Waals surface area contributed by atoms with Crippen LogP contribution in [0.2, 0.25) is 0 Å².